The van der Waals surface area contributed by atoms with Crippen LogP contribution >= 0.6 is 0 Å². The van der Waals surface area contributed by atoms with Gasteiger partial charge in [0.1, 0.15) is 12.2 Å². The van der Waals surface area contributed by atoms with Gasteiger partial charge in [-0.25, -0.2) is 9.59 Å². The Morgan fingerprint density at radius 2 is 0.979 bits per heavy atom. The first kappa shape index (κ1) is 41.2. The molecule has 3 aliphatic rings. The third kappa shape index (κ3) is 8.29. The van der Waals surface area contributed by atoms with Crippen molar-refractivity contribution in [1.29, 1.82) is 0 Å². The van der Waals surface area contributed by atoms with Crippen molar-refractivity contribution in [3.05, 3.63) is 0 Å². The fourth-order valence-corrected chi connectivity index (χ4v) is 9.29. The Kier molecular flexibility index (Phi) is 11.8. The number of rotatable bonds is 8. The lowest BCUT2D eigenvalue weighted by molar-refractivity contribution is -0.200. The van der Waals surface area contributed by atoms with Gasteiger partial charge in [-0.2, -0.15) is 0 Å². The molecule has 0 bridgehead atoms. The van der Waals surface area contributed by atoms with Crippen LogP contribution in [0.3, 0.4) is 0 Å². The highest BCUT2D eigenvalue weighted by Crippen LogP contribution is 2.47. The zero-order valence-electron chi connectivity index (χ0n) is 34.2. The van der Waals surface area contributed by atoms with Gasteiger partial charge in [0.25, 0.3) is 0 Å². The maximum Gasteiger partial charge on any atom is 0.338 e. The molecule has 2 atom stereocenters. The lowest BCUT2D eigenvalue weighted by Gasteiger charge is -2.56. The van der Waals surface area contributed by atoms with E-state index in [0.717, 1.165) is 6.42 Å². The van der Waals surface area contributed by atoms with Crippen LogP contribution in [0, 0.1) is 22.7 Å². The van der Waals surface area contributed by atoms with Crippen molar-refractivity contribution in [3.63, 3.8) is 0 Å². The van der Waals surface area contributed by atoms with Gasteiger partial charge in [-0.15, -0.1) is 0 Å². The lowest BCUT2D eigenvalue weighted by atomic mass is 9.64. The quantitative estimate of drug-likeness (QED) is 0.212. The number of piperidine rings is 3. The molecule has 3 rings (SSSR count). The average Bonchev–Trinajstić information content (AvgIpc) is 2.89. The molecular formula is C40H75N3O5. The zero-order chi connectivity index (χ0) is 37.1. The monoisotopic (exact) mass is 678 g/mol. The smallest absolute Gasteiger partial charge is 0.338 e. The van der Waals surface area contributed by atoms with Gasteiger partial charge >= 0.3 is 11.9 Å². The maximum atomic E-state index is 15.2. The predicted molar refractivity (Wildman–Crippen MR) is 196 cm³/mol. The fourth-order valence-electron chi connectivity index (χ4n) is 9.29. The van der Waals surface area contributed by atoms with E-state index >= 15 is 9.59 Å². The molecule has 2 unspecified atom stereocenters. The van der Waals surface area contributed by atoms with Crippen LogP contribution in [-0.2, 0) is 19.1 Å². The first-order valence-electron chi connectivity index (χ1n) is 18.9. The summed E-state index contributed by atoms with van der Waals surface area (Å²) in [4.78, 5) is 37.2. The van der Waals surface area contributed by atoms with Crippen LogP contribution < -0.4 is 0 Å². The number of carbonyl (C=O) groups excluding carboxylic acids is 2. The molecule has 8 heteroatoms. The van der Waals surface area contributed by atoms with E-state index in [0.29, 0.717) is 51.6 Å². The largest absolute Gasteiger partial charge is 0.460 e. The summed E-state index contributed by atoms with van der Waals surface area (Å²) in [5, 5.41) is 11.9. The van der Waals surface area contributed by atoms with Gasteiger partial charge in [-0.05, 0) is 86.7 Å². The van der Waals surface area contributed by atoms with E-state index in [-0.39, 0.29) is 57.0 Å². The van der Waals surface area contributed by atoms with E-state index in [9.17, 15) is 5.11 Å². The first-order valence-corrected chi connectivity index (χ1v) is 18.9. The van der Waals surface area contributed by atoms with Crippen molar-refractivity contribution in [2.75, 3.05) is 27.2 Å². The number of hydrogen-bond acceptors (Lipinski definition) is 8. The summed E-state index contributed by atoms with van der Waals surface area (Å²) >= 11 is 0. The Morgan fingerprint density at radius 3 is 1.25 bits per heavy atom. The van der Waals surface area contributed by atoms with Crippen molar-refractivity contribution in [2.45, 2.75) is 195 Å². The predicted octanol–water partition coefficient (Wildman–Crippen LogP) is 7.31. The minimum atomic E-state index is -1.61. The summed E-state index contributed by atoms with van der Waals surface area (Å²) in [6, 6.07) is 0. The molecule has 3 heterocycles. The Labute approximate surface area is 295 Å². The third-order valence-corrected chi connectivity index (χ3v) is 13.1. The molecule has 0 aromatic carbocycles. The van der Waals surface area contributed by atoms with Gasteiger partial charge in [0, 0.05) is 72.8 Å². The fraction of sp³-hybridized carbons (Fsp3) is 0.950. The highest BCUT2D eigenvalue weighted by molar-refractivity contribution is 6.05. The third-order valence-electron chi connectivity index (χ3n) is 13.1. The lowest BCUT2D eigenvalue weighted by Crippen LogP contribution is -2.70. The minimum Gasteiger partial charge on any atom is -0.460 e. The molecule has 0 radical (unpaired) electrons. The second-order valence-electron chi connectivity index (χ2n) is 20.5. The van der Waals surface area contributed by atoms with E-state index < -0.39 is 23.6 Å². The number of carbonyl (C=O) groups is 2. The number of ether oxygens (including phenoxy) is 2. The van der Waals surface area contributed by atoms with Crippen LogP contribution in [-0.4, -0.2) is 105 Å². The van der Waals surface area contributed by atoms with E-state index in [1.165, 1.54) is 0 Å². The van der Waals surface area contributed by atoms with Gasteiger partial charge in [-0.3, -0.25) is 14.7 Å². The van der Waals surface area contributed by atoms with E-state index in [1.807, 2.05) is 0 Å². The normalized spacial score (nSPS) is 29.4. The van der Waals surface area contributed by atoms with Crippen LogP contribution in [0.4, 0.5) is 0 Å². The Morgan fingerprint density at radius 1 is 0.667 bits per heavy atom. The number of unbranched alkanes of at least 4 members (excludes halogenated alkanes) is 1. The standard InChI is InChI=1S/C40H75N3O5/c1-18-19-20-40(32(45)47-27-21-36(8,9)41(16)37(10,11)22-27,33(46)48-28-23-38(12,13)42(17)39(14,15)24-28)43-25-29(34(2,3)4)31(44)30(26-43)35(5,6)7/h27-31,44H,18-26H2,1-17H3. The number of hydrogen-bond donors (Lipinski definition) is 1. The average molecular weight is 678 g/mol. The maximum absolute atomic E-state index is 15.2. The molecule has 48 heavy (non-hydrogen) atoms. The van der Waals surface area contributed by atoms with E-state index in [4.69, 9.17) is 9.47 Å². The van der Waals surface area contributed by atoms with Crippen LogP contribution in [0.2, 0.25) is 0 Å². The van der Waals surface area contributed by atoms with Gasteiger partial charge in [-0.1, -0.05) is 61.3 Å². The Hall–Kier alpha value is -1.22. The van der Waals surface area contributed by atoms with E-state index in [1.54, 1.807) is 0 Å². The highest BCUT2D eigenvalue weighted by Gasteiger charge is 2.60. The summed E-state index contributed by atoms with van der Waals surface area (Å²) < 4.78 is 13.3. The van der Waals surface area contributed by atoms with Crippen LogP contribution in [0.15, 0.2) is 0 Å². The number of aliphatic hydroxyl groups is 1. The van der Waals surface area contributed by atoms with Crippen molar-refractivity contribution in [2.24, 2.45) is 22.7 Å². The molecule has 0 aromatic heterocycles. The molecule has 3 saturated heterocycles. The Balaban J connectivity index is 2.17. The Bertz CT molecular complexity index is 1030. The molecule has 0 aromatic rings. The van der Waals surface area contributed by atoms with Crippen molar-refractivity contribution >= 4 is 11.9 Å². The van der Waals surface area contributed by atoms with Crippen LogP contribution in [0.25, 0.3) is 0 Å². The molecule has 3 aliphatic heterocycles. The van der Waals surface area contributed by atoms with Crippen LogP contribution in [0.5, 0.6) is 0 Å². The summed E-state index contributed by atoms with van der Waals surface area (Å²) in [7, 11) is 4.29. The SMILES string of the molecule is CCCCC(C(=O)OC1CC(C)(C)N(C)C(C)(C)C1)(C(=O)OC1CC(C)(C)N(C)C(C)(C)C1)N1CC(C(C)(C)C)C(O)C(C(C)(C)C)C1. The van der Waals surface area contributed by atoms with Crippen molar-refractivity contribution in [1.82, 2.24) is 14.7 Å². The highest BCUT2D eigenvalue weighted by atomic mass is 16.6. The van der Waals surface area contributed by atoms with Crippen molar-refractivity contribution < 1.29 is 24.2 Å². The van der Waals surface area contributed by atoms with Crippen LogP contribution in [0.1, 0.15) is 149 Å². The molecule has 0 aliphatic carbocycles. The molecular weight excluding hydrogens is 602 g/mol. The molecule has 8 nitrogen and oxygen atoms in total. The van der Waals surface area contributed by atoms with Gasteiger partial charge in [0.15, 0.2) is 0 Å². The minimum absolute atomic E-state index is 0.153. The summed E-state index contributed by atoms with van der Waals surface area (Å²) in [6.45, 7) is 33.4. The second-order valence-corrected chi connectivity index (χ2v) is 20.5. The summed E-state index contributed by atoms with van der Waals surface area (Å²) in [5.74, 6) is -1.27. The zero-order valence-corrected chi connectivity index (χ0v) is 34.2. The molecule has 1 N–H and O–H groups in total. The molecule has 0 saturated carbocycles. The van der Waals surface area contributed by atoms with Gasteiger partial charge < -0.3 is 14.6 Å². The summed E-state index contributed by atoms with van der Waals surface area (Å²) in [5.41, 5.74) is -2.86. The first-order chi connectivity index (χ1) is 21.5. The number of aliphatic hydroxyl groups excluding tert-OH is 1. The molecule has 0 amide bonds. The molecule has 280 valence electrons. The number of likely N-dealkylation sites (tertiary alicyclic amines) is 3. The topological polar surface area (TPSA) is 82.6 Å². The number of nitrogens with zero attached hydrogens (tertiary/aromatic N) is 3. The van der Waals surface area contributed by atoms with Crippen molar-refractivity contribution in [3.8, 4) is 0 Å². The van der Waals surface area contributed by atoms with Gasteiger partial charge in [0.2, 0.25) is 5.54 Å². The summed E-state index contributed by atoms with van der Waals surface area (Å²) in [6.07, 6.45) is 3.33. The molecule has 0 spiro atoms. The molecule has 3 fully saturated rings. The number of esters is 2. The van der Waals surface area contributed by atoms with E-state index in [2.05, 4.69) is 133 Å². The van der Waals surface area contributed by atoms with Gasteiger partial charge in [0.05, 0.1) is 6.10 Å². The second kappa shape index (κ2) is 13.7.